The first-order valence-corrected chi connectivity index (χ1v) is 11.4. The molecule has 174 valence electrons. The highest BCUT2D eigenvalue weighted by Crippen LogP contribution is 2.14. The number of benzene rings is 1. The molecule has 1 aliphatic rings. The summed E-state index contributed by atoms with van der Waals surface area (Å²) in [4.78, 5) is 23.4. The van der Waals surface area contributed by atoms with Crippen molar-refractivity contribution in [2.24, 2.45) is 0 Å². The third kappa shape index (κ3) is 7.25. The van der Waals surface area contributed by atoms with Crippen molar-refractivity contribution in [2.45, 2.75) is 44.9 Å². The molecule has 1 atom stereocenters. The van der Waals surface area contributed by atoms with E-state index in [1.807, 2.05) is 0 Å². The number of aromatic nitrogens is 2. The third-order valence-electron chi connectivity index (χ3n) is 5.98. The number of hydrogen-bond acceptors (Lipinski definition) is 7. The number of nitrogens with one attached hydrogen (secondary N) is 3. The largest absolute Gasteiger partial charge is 0.378 e. The maximum atomic E-state index is 12.6. The first-order valence-electron chi connectivity index (χ1n) is 11.4. The second-order valence-corrected chi connectivity index (χ2v) is 8.33. The summed E-state index contributed by atoms with van der Waals surface area (Å²) in [5, 5.41) is 9.80. The molecule has 1 aromatic carbocycles. The summed E-state index contributed by atoms with van der Waals surface area (Å²) in [6, 6.07) is 10.5. The predicted molar refractivity (Wildman–Crippen MR) is 127 cm³/mol. The van der Waals surface area contributed by atoms with Crippen LogP contribution in [0.2, 0.25) is 0 Å². The highest BCUT2D eigenvalue weighted by molar-refractivity contribution is 5.92. The van der Waals surface area contributed by atoms with Gasteiger partial charge in [0.25, 0.3) is 5.91 Å². The van der Waals surface area contributed by atoms with Crippen LogP contribution in [0.4, 0.5) is 5.82 Å². The fourth-order valence-electron chi connectivity index (χ4n) is 3.90. The minimum absolute atomic E-state index is 0.133. The fourth-order valence-corrected chi connectivity index (χ4v) is 3.90. The van der Waals surface area contributed by atoms with E-state index >= 15 is 0 Å². The van der Waals surface area contributed by atoms with Gasteiger partial charge in [0.05, 0.1) is 6.10 Å². The number of methoxy groups -OCH3 is 1. The van der Waals surface area contributed by atoms with Crippen molar-refractivity contribution in [3.05, 3.63) is 53.5 Å². The maximum Gasteiger partial charge on any atom is 0.270 e. The number of ether oxygens (including phenoxy) is 1. The van der Waals surface area contributed by atoms with Gasteiger partial charge < -0.3 is 25.6 Å². The lowest BCUT2D eigenvalue weighted by Crippen LogP contribution is -2.39. The van der Waals surface area contributed by atoms with Gasteiger partial charge in [-0.15, -0.1) is 0 Å². The number of likely N-dealkylation sites (tertiary alicyclic amines) is 1. The van der Waals surface area contributed by atoms with Crippen molar-refractivity contribution in [3.63, 3.8) is 0 Å². The number of carbonyl (C=O) groups is 1. The molecule has 8 nitrogen and oxygen atoms in total. The number of piperidine rings is 1. The van der Waals surface area contributed by atoms with Gasteiger partial charge in [0.1, 0.15) is 17.8 Å². The van der Waals surface area contributed by atoms with E-state index in [9.17, 15) is 4.79 Å². The fraction of sp³-hybridized carbons (Fsp3) is 0.542. The molecule has 8 heteroatoms. The van der Waals surface area contributed by atoms with E-state index in [2.05, 4.69) is 69.1 Å². The van der Waals surface area contributed by atoms with Crippen LogP contribution in [-0.4, -0.2) is 73.3 Å². The van der Waals surface area contributed by atoms with Crippen LogP contribution in [-0.2, 0) is 17.7 Å². The number of aryl methyl sites for hydroxylation is 1. The SMILES string of the molecule is CCc1ccccc1CNCC(CNC(=O)c1cc(NC2CCN(C)CC2)ncn1)OC. The van der Waals surface area contributed by atoms with E-state index in [1.54, 1.807) is 13.2 Å². The first kappa shape index (κ1) is 24.1. The highest BCUT2D eigenvalue weighted by Gasteiger charge is 2.18. The molecule has 1 aliphatic heterocycles. The molecule has 0 bridgehead atoms. The lowest BCUT2D eigenvalue weighted by Gasteiger charge is -2.29. The van der Waals surface area contributed by atoms with Gasteiger partial charge in [-0.3, -0.25) is 4.79 Å². The average Bonchev–Trinajstić information content (AvgIpc) is 2.83. The number of carbonyl (C=O) groups excluding carboxylic acids is 1. The lowest BCUT2D eigenvalue weighted by atomic mass is 10.1. The van der Waals surface area contributed by atoms with Crippen LogP contribution >= 0.6 is 0 Å². The molecular weight excluding hydrogens is 404 g/mol. The van der Waals surface area contributed by atoms with Gasteiger partial charge in [-0.25, -0.2) is 9.97 Å². The monoisotopic (exact) mass is 440 g/mol. The Bertz CT molecular complexity index is 854. The smallest absolute Gasteiger partial charge is 0.270 e. The standard InChI is InChI=1S/C24H36N6O2/c1-4-18-7-5-6-8-19(18)14-25-15-21(32-3)16-26-24(31)22-13-23(28-17-27-22)29-20-9-11-30(2)12-10-20/h5-8,13,17,20-21,25H,4,9-12,14-16H2,1-3H3,(H,26,31)(H,27,28,29). The summed E-state index contributed by atoms with van der Waals surface area (Å²) in [7, 11) is 3.79. The molecule has 0 aliphatic carbocycles. The molecule has 2 aromatic rings. The van der Waals surface area contributed by atoms with E-state index in [-0.39, 0.29) is 12.0 Å². The lowest BCUT2D eigenvalue weighted by molar-refractivity contribution is 0.0820. The average molecular weight is 441 g/mol. The zero-order valence-electron chi connectivity index (χ0n) is 19.4. The van der Waals surface area contributed by atoms with Gasteiger partial charge in [-0.1, -0.05) is 31.2 Å². The number of nitrogens with zero attached hydrogens (tertiary/aromatic N) is 3. The summed E-state index contributed by atoms with van der Waals surface area (Å²) in [5.41, 5.74) is 2.99. The van der Waals surface area contributed by atoms with Gasteiger partial charge in [0.15, 0.2) is 0 Å². The molecule has 0 saturated carbocycles. The topological polar surface area (TPSA) is 91.4 Å². The quantitative estimate of drug-likeness (QED) is 0.493. The summed E-state index contributed by atoms with van der Waals surface area (Å²) < 4.78 is 5.54. The van der Waals surface area contributed by atoms with E-state index in [4.69, 9.17) is 4.74 Å². The Labute approximate surface area is 191 Å². The molecule has 1 aromatic heterocycles. The maximum absolute atomic E-state index is 12.6. The van der Waals surface area contributed by atoms with Crippen molar-refractivity contribution in [2.75, 3.05) is 45.7 Å². The zero-order valence-corrected chi connectivity index (χ0v) is 19.4. The van der Waals surface area contributed by atoms with Crippen LogP contribution < -0.4 is 16.0 Å². The van der Waals surface area contributed by atoms with Crippen LogP contribution in [0.5, 0.6) is 0 Å². The van der Waals surface area contributed by atoms with Gasteiger partial charge in [-0.05, 0) is 50.5 Å². The molecule has 1 unspecified atom stereocenters. The highest BCUT2D eigenvalue weighted by atomic mass is 16.5. The Hall–Kier alpha value is -2.55. The number of amides is 1. The molecule has 0 radical (unpaired) electrons. The minimum Gasteiger partial charge on any atom is -0.378 e. The van der Waals surface area contributed by atoms with E-state index in [0.717, 1.165) is 38.9 Å². The van der Waals surface area contributed by atoms with Crippen molar-refractivity contribution >= 4 is 11.7 Å². The summed E-state index contributed by atoms with van der Waals surface area (Å²) >= 11 is 0. The second-order valence-electron chi connectivity index (χ2n) is 8.33. The normalized spacial score (nSPS) is 16.0. The number of rotatable bonds is 11. The van der Waals surface area contributed by atoms with Crippen LogP contribution in [0.15, 0.2) is 36.7 Å². The molecule has 1 amide bonds. The third-order valence-corrected chi connectivity index (χ3v) is 5.98. The van der Waals surface area contributed by atoms with E-state index in [1.165, 1.54) is 17.5 Å². The summed E-state index contributed by atoms with van der Waals surface area (Å²) in [5.74, 6) is 0.469. The van der Waals surface area contributed by atoms with Gasteiger partial charge in [0.2, 0.25) is 0 Å². The molecular formula is C24H36N6O2. The Morgan fingerprint density at radius 2 is 1.94 bits per heavy atom. The Morgan fingerprint density at radius 1 is 1.19 bits per heavy atom. The van der Waals surface area contributed by atoms with Gasteiger partial charge in [-0.2, -0.15) is 0 Å². The number of hydrogen-bond donors (Lipinski definition) is 3. The van der Waals surface area contributed by atoms with Crippen LogP contribution in [0.25, 0.3) is 0 Å². The second kappa shape index (κ2) is 12.5. The Balaban J connectivity index is 1.45. The Kier molecular flexibility index (Phi) is 9.40. The molecule has 3 N–H and O–H groups in total. The van der Waals surface area contributed by atoms with E-state index < -0.39 is 0 Å². The van der Waals surface area contributed by atoms with Crippen molar-refractivity contribution < 1.29 is 9.53 Å². The van der Waals surface area contributed by atoms with Gasteiger partial charge >= 0.3 is 0 Å². The van der Waals surface area contributed by atoms with Crippen molar-refractivity contribution in [1.29, 1.82) is 0 Å². The zero-order chi connectivity index (χ0) is 22.8. The van der Waals surface area contributed by atoms with Crippen LogP contribution in [0, 0.1) is 0 Å². The molecule has 2 heterocycles. The predicted octanol–water partition coefficient (Wildman–Crippen LogP) is 2.08. The molecule has 1 saturated heterocycles. The molecule has 32 heavy (non-hydrogen) atoms. The van der Waals surface area contributed by atoms with Crippen molar-refractivity contribution in [3.8, 4) is 0 Å². The first-order chi connectivity index (χ1) is 15.6. The number of anilines is 1. The van der Waals surface area contributed by atoms with Crippen LogP contribution in [0.1, 0.15) is 41.4 Å². The molecule has 0 spiro atoms. The Morgan fingerprint density at radius 3 is 2.66 bits per heavy atom. The van der Waals surface area contributed by atoms with Crippen molar-refractivity contribution in [1.82, 2.24) is 25.5 Å². The molecule has 3 rings (SSSR count). The summed E-state index contributed by atoms with van der Waals surface area (Å²) in [6.07, 6.45) is 4.44. The summed E-state index contributed by atoms with van der Waals surface area (Å²) in [6.45, 7) is 6.10. The van der Waals surface area contributed by atoms with E-state index in [0.29, 0.717) is 30.6 Å². The minimum atomic E-state index is -0.225. The van der Waals surface area contributed by atoms with Crippen LogP contribution in [0.3, 0.4) is 0 Å². The van der Waals surface area contributed by atoms with Gasteiger partial charge in [0, 0.05) is 38.9 Å². The molecule has 1 fully saturated rings.